The number of benzene rings is 6. The van der Waals surface area contributed by atoms with Crippen molar-refractivity contribution in [3.63, 3.8) is 0 Å². The van der Waals surface area contributed by atoms with Crippen LogP contribution in [0.5, 0.6) is 0 Å². The van der Waals surface area contributed by atoms with Gasteiger partial charge in [-0.3, -0.25) is 4.57 Å². The van der Waals surface area contributed by atoms with E-state index >= 15 is 0 Å². The Morgan fingerprint density at radius 2 is 1.06 bits per heavy atom. The molecule has 0 radical (unpaired) electrons. The first kappa shape index (κ1) is 33.3. The lowest BCUT2D eigenvalue weighted by atomic mass is 9.65. The molecule has 0 aliphatic rings. The highest BCUT2D eigenvalue weighted by atomic mass is 15.3. The molecule has 0 unspecified atom stereocenters. The standard InChI is InChI=1S/C50H42N4/c1-35-31-36(2)54(52-35)43-24-16-23-41(32-43)50(38-19-10-6-11-20-38,39-21-12-7-13-22-39)42-27-28-45-44-25-14-15-26-46(44)53(47(45)33-42)48-34-40(29-30-51-48)49(3,4)37-17-8-5-9-18-37/h5-34H,1-4H3. The maximum Gasteiger partial charge on any atom is 0.137 e. The summed E-state index contributed by atoms with van der Waals surface area (Å²) in [5.74, 6) is 0.899. The fourth-order valence-corrected chi connectivity index (χ4v) is 8.54. The summed E-state index contributed by atoms with van der Waals surface area (Å²) in [5, 5.41) is 7.27. The van der Waals surface area contributed by atoms with E-state index < -0.39 is 5.41 Å². The van der Waals surface area contributed by atoms with Gasteiger partial charge in [0.05, 0.1) is 27.8 Å². The molecule has 0 saturated heterocycles. The zero-order valence-corrected chi connectivity index (χ0v) is 31.1. The first-order valence-corrected chi connectivity index (χ1v) is 18.7. The van der Waals surface area contributed by atoms with Crippen molar-refractivity contribution in [3.05, 3.63) is 227 Å². The van der Waals surface area contributed by atoms with Gasteiger partial charge < -0.3 is 0 Å². The van der Waals surface area contributed by atoms with Crippen LogP contribution in [0, 0.1) is 13.8 Å². The molecule has 0 spiro atoms. The van der Waals surface area contributed by atoms with Gasteiger partial charge in [0.15, 0.2) is 0 Å². The minimum atomic E-state index is -0.658. The second-order valence-electron chi connectivity index (χ2n) is 14.8. The Labute approximate surface area is 317 Å². The van der Waals surface area contributed by atoms with Crippen LogP contribution in [0.1, 0.15) is 58.6 Å². The highest BCUT2D eigenvalue weighted by molar-refractivity contribution is 6.09. The van der Waals surface area contributed by atoms with E-state index in [0.29, 0.717) is 0 Å². The third kappa shape index (κ3) is 5.37. The van der Waals surface area contributed by atoms with E-state index in [0.717, 1.165) is 39.5 Å². The lowest BCUT2D eigenvalue weighted by molar-refractivity contribution is 0.639. The molecule has 262 valence electrons. The summed E-state index contributed by atoms with van der Waals surface area (Å²) in [6.07, 6.45) is 1.96. The van der Waals surface area contributed by atoms with Crippen LogP contribution < -0.4 is 0 Å². The van der Waals surface area contributed by atoms with Crippen LogP contribution in [0.3, 0.4) is 0 Å². The van der Waals surface area contributed by atoms with Crippen LogP contribution in [0.25, 0.3) is 33.3 Å². The van der Waals surface area contributed by atoms with E-state index in [1.165, 1.54) is 38.6 Å². The van der Waals surface area contributed by atoms with Crippen LogP contribution in [0.4, 0.5) is 0 Å². The third-order valence-corrected chi connectivity index (χ3v) is 11.2. The number of rotatable bonds is 8. The summed E-state index contributed by atoms with van der Waals surface area (Å²) in [7, 11) is 0. The van der Waals surface area contributed by atoms with Crippen molar-refractivity contribution in [2.45, 2.75) is 38.5 Å². The molecule has 9 aromatic rings. The summed E-state index contributed by atoms with van der Waals surface area (Å²) in [6, 6.07) is 63.8. The lowest BCUT2D eigenvalue weighted by Gasteiger charge is -2.37. The molecular formula is C50H42N4. The molecule has 9 rings (SSSR count). The molecule has 54 heavy (non-hydrogen) atoms. The topological polar surface area (TPSA) is 35.6 Å². The first-order chi connectivity index (χ1) is 26.4. The SMILES string of the molecule is Cc1cc(C)n(-c2cccc(C(c3ccccc3)(c3ccccc3)c3ccc4c5ccccc5n(-c5cc(C(C)(C)c6ccccc6)ccn5)c4c3)c2)n1. The molecule has 0 aliphatic carbocycles. The average molecular weight is 699 g/mol. The van der Waals surface area contributed by atoms with Gasteiger partial charge in [-0.15, -0.1) is 0 Å². The molecule has 0 saturated carbocycles. The quantitative estimate of drug-likeness (QED) is 0.148. The fraction of sp³-hybridized carbons (Fsp3) is 0.120. The van der Waals surface area contributed by atoms with Gasteiger partial charge >= 0.3 is 0 Å². The lowest BCUT2D eigenvalue weighted by Crippen LogP contribution is -2.31. The molecule has 0 bridgehead atoms. The maximum absolute atomic E-state index is 5.06. The Morgan fingerprint density at radius 1 is 0.463 bits per heavy atom. The molecule has 0 fully saturated rings. The van der Waals surface area contributed by atoms with Gasteiger partial charge in [-0.2, -0.15) is 5.10 Å². The summed E-state index contributed by atoms with van der Waals surface area (Å²) < 4.78 is 4.40. The van der Waals surface area contributed by atoms with Crippen molar-refractivity contribution in [1.29, 1.82) is 0 Å². The fourth-order valence-electron chi connectivity index (χ4n) is 8.54. The number of aromatic nitrogens is 4. The van der Waals surface area contributed by atoms with Gasteiger partial charge in [0.2, 0.25) is 0 Å². The average Bonchev–Trinajstić information content (AvgIpc) is 3.74. The molecular weight excluding hydrogens is 657 g/mol. The van der Waals surface area contributed by atoms with Gasteiger partial charge in [0.25, 0.3) is 0 Å². The Bertz CT molecular complexity index is 2720. The summed E-state index contributed by atoms with van der Waals surface area (Å²) in [4.78, 5) is 5.06. The number of nitrogens with zero attached hydrogens (tertiary/aromatic N) is 4. The second-order valence-corrected chi connectivity index (χ2v) is 14.8. The minimum absolute atomic E-state index is 0.213. The van der Waals surface area contributed by atoms with Crippen LogP contribution in [0.15, 0.2) is 182 Å². The van der Waals surface area contributed by atoms with E-state index in [2.05, 4.69) is 206 Å². The number of aryl methyl sites for hydroxylation is 2. The second kappa shape index (κ2) is 13.2. The Morgan fingerprint density at radius 3 is 1.72 bits per heavy atom. The van der Waals surface area contributed by atoms with Crippen LogP contribution in [-0.4, -0.2) is 19.3 Å². The van der Waals surface area contributed by atoms with Crippen molar-refractivity contribution in [3.8, 4) is 11.5 Å². The third-order valence-electron chi connectivity index (χ3n) is 11.2. The predicted octanol–water partition coefficient (Wildman–Crippen LogP) is 11.7. The Kier molecular flexibility index (Phi) is 8.12. The number of hydrogen-bond donors (Lipinski definition) is 0. The Hall–Kier alpha value is -6.52. The molecule has 0 aliphatic heterocycles. The Balaban J connectivity index is 1.34. The van der Waals surface area contributed by atoms with Gasteiger partial charge in [0.1, 0.15) is 5.82 Å². The summed E-state index contributed by atoms with van der Waals surface area (Å²) in [5.41, 5.74) is 11.7. The van der Waals surface area contributed by atoms with E-state index in [9.17, 15) is 0 Å². The molecule has 3 heterocycles. The molecule has 4 heteroatoms. The molecule has 0 amide bonds. The van der Waals surface area contributed by atoms with E-state index in [4.69, 9.17) is 10.1 Å². The zero-order chi connectivity index (χ0) is 36.9. The van der Waals surface area contributed by atoms with Crippen molar-refractivity contribution in [2.75, 3.05) is 0 Å². The van der Waals surface area contributed by atoms with Gasteiger partial charge in [-0.1, -0.05) is 147 Å². The summed E-state index contributed by atoms with van der Waals surface area (Å²) >= 11 is 0. The van der Waals surface area contributed by atoms with Crippen LogP contribution in [0.2, 0.25) is 0 Å². The highest BCUT2D eigenvalue weighted by Crippen LogP contribution is 2.47. The molecule has 0 N–H and O–H groups in total. The normalized spacial score (nSPS) is 12.1. The van der Waals surface area contributed by atoms with E-state index in [1.54, 1.807) is 0 Å². The summed E-state index contributed by atoms with van der Waals surface area (Å²) in [6.45, 7) is 8.75. The van der Waals surface area contributed by atoms with Crippen molar-refractivity contribution in [2.24, 2.45) is 0 Å². The van der Waals surface area contributed by atoms with Crippen molar-refractivity contribution in [1.82, 2.24) is 19.3 Å². The van der Waals surface area contributed by atoms with Crippen molar-refractivity contribution < 1.29 is 0 Å². The van der Waals surface area contributed by atoms with Crippen molar-refractivity contribution >= 4 is 21.8 Å². The zero-order valence-electron chi connectivity index (χ0n) is 31.1. The number of hydrogen-bond acceptors (Lipinski definition) is 2. The highest BCUT2D eigenvalue weighted by Gasteiger charge is 2.39. The van der Waals surface area contributed by atoms with E-state index in [-0.39, 0.29) is 5.41 Å². The van der Waals surface area contributed by atoms with Gasteiger partial charge in [-0.05, 0) is 89.7 Å². The molecule has 4 nitrogen and oxygen atoms in total. The first-order valence-electron chi connectivity index (χ1n) is 18.7. The smallest absolute Gasteiger partial charge is 0.137 e. The van der Waals surface area contributed by atoms with Crippen LogP contribution in [-0.2, 0) is 10.8 Å². The monoisotopic (exact) mass is 698 g/mol. The van der Waals surface area contributed by atoms with Crippen LogP contribution >= 0.6 is 0 Å². The maximum atomic E-state index is 5.06. The number of fused-ring (bicyclic) bond motifs is 3. The van der Waals surface area contributed by atoms with Gasteiger partial charge in [0, 0.05) is 28.1 Å². The van der Waals surface area contributed by atoms with E-state index in [1.807, 2.05) is 13.1 Å². The largest absolute Gasteiger partial charge is 0.294 e. The molecule has 3 aromatic heterocycles. The van der Waals surface area contributed by atoms with Gasteiger partial charge in [-0.25, -0.2) is 9.67 Å². The number of para-hydroxylation sites is 1. The molecule has 0 atom stereocenters. The predicted molar refractivity (Wildman–Crippen MR) is 222 cm³/mol. The number of pyridine rings is 1. The molecule has 6 aromatic carbocycles. The minimum Gasteiger partial charge on any atom is -0.294 e.